The van der Waals surface area contributed by atoms with Crippen LogP contribution in [0, 0.1) is 0 Å². The van der Waals surface area contributed by atoms with Crippen LogP contribution in [-0.2, 0) is 4.79 Å². The zero-order valence-electron chi connectivity index (χ0n) is 16.5. The predicted octanol–water partition coefficient (Wildman–Crippen LogP) is 5.19. The van der Waals surface area contributed by atoms with Gasteiger partial charge < -0.3 is 19.2 Å². The first kappa shape index (κ1) is 20.2. The lowest BCUT2D eigenvalue weighted by Gasteiger charge is -2.26. The lowest BCUT2D eigenvalue weighted by atomic mass is 9.94. The number of rotatable bonds is 6. The average molecular weight is 470 g/mol. The molecule has 6 nitrogen and oxygen atoms in total. The molecule has 2 heterocycles. The Hall–Kier alpha value is -3.06. The predicted molar refractivity (Wildman–Crippen MR) is 116 cm³/mol. The van der Waals surface area contributed by atoms with Gasteiger partial charge in [-0.15, -0.1) is 0 Å². The van der Waals surface area contributed by atoms with E-state index in [-0.39, 0.29) is 11.3 Å². The summed E-state index contributed by atoms with van der Waals surface area (Å²) in [6, 6.07) is 13.5. The number of carbonyl (C=O) groups is 2. The molecule has 1 amide bonds. The van der Waals surface area contributed by atoms with Crippen LogP contribution in [0.1, 0.15) is 35.5 Å². The number of amides is 1. The third kappa shape index (κ3) is 3.39. The number of hydrogen-bond donors (Lipinski definition) is 1. The van der Waals surface area contributed by atoms with E-state index in [9.17, 15) is 14.7 Å². The molecule has 0 aliphatic carbocycles. The maximum Gasteiger partial charge on any atom is 0.290 e. The number of hydrogen-bond acceptors (Lipinski definition) is 5. The molecule has 0 bridgehead atoms. The summed E-state index contributed by atoms with van der Waals surface area (Å²) in [5, 5.41) is 11.4. The number of methoxy groups -OCH3 is 1. The fourth-order valence-electron chi connectivity index (χ4n) is 3.77. The molecule has 1 unspecified atom stereocenters. The molecule has 1 aliphatic rings. The van der Waals surface area contributed by atoms with Gasteiger partial charge in [0.25, 0.3) is 5.91 Å². The number of ether oxygens (including phenoxy) is 1. The van der Waals surface area contributed by atoms with Gasteiger partial charge in [0.1, 0.15) is 11.3 Å². The van der Waals surface area contributed by atoms with Crippen molar-refractivity contribution < 1.29 is 23.8 Å². The average Bonchev–Trinajstić information content (AvgIpc) is 3.27. The topological polar surface area (TPSA) is 80.0 Å². The van der Waals surface area contributed by atoms with Gasteiger partial charge in [-0.2, -0.15) is 0 Å². The molecule has 1 N–H and O–H groups in total. The first-order chi connectivity index (χ1) is 14.4. The molecule has 0 saturated carbocycles. The molecule has 30 heavy (non-hydrogen) atoms. The van der Waals surface area contributed by atoms with Gasteiger partial charge in [-0.25, -0.2) is 0 Å². The molecule has 154 valence electrons. The lowest BCUT2D eigenvalue weighted by molar-refractivity contribution is -0.129. The van der Waals surface area contributed by atoms with Gasteiger partial charge in [-0.05, 0) is 48.4 Å². The summed E-state index contributed by atoms with van der Waals surface area (Å²) in [5.74, 6) is -0.943. The number of fused-ring (bicyclic) bond motifs is 1. The zero-order valence-corrected chi connectivity index (χ0v) is 18.1. The van der Waals surface area contributed by atoms with E-state index in [2.05, 4.69) is 15.9 Å². The molecule has 0 spiro atoms. The van der Waals surface area contributed by atoms with Crippen molar-refractivity contribution in [1.29, 1.82) is 0 Å². The standard InChI is InChI=1S/C23H20BrNO5/c1-3-9-25-20(13-5-4-6-16(11-13)29-2)19(22(27)23(25)28)21(26)18-12-14-10-15(24)7-8-17(14)30-18/h4-8,10-12,20,27H,3,9H2,1-2H3. The molecule has 7 heteroatoms. The fraction of sp³-hybridized carbons (Fsp3) is 0.217. The van der Waals surface area contributed by atoms with Crippen molar-refractivity contribution in [1.82, 2.24) is 4.90 Å². The van der Waals surface area contributed by atoms with E-state index in [1.165, 1.54) is 4.90 Å². The van der Waals surface area contributed by atoms with Gasteiger partial charge >= 0.3 is 0 Å². The smallest absolute Gasteiger partial charge is 0.290 e. The molecule has 2 aromatic carbocycles. The van der Waals surface area contributed by atoms with Crippen molar-refractivity contribution in [3.05, 3.63) is 75.7 Å². The number of Topliss-reactive ketones (excluding diaryl/α,β-unsaturated/α-hetero) is 1. The highest BCUT2D eigenvalue weighted by molar-refractivity contribution is 9.10. The summed E-state index contributed by atoms with van der Waals surface area (Å²) >= 11 is 3.40. The largest absolute Gasteiger partial charge is 0.503 e. The van der Waals surface area contributed by atoms with Crippen LogP contribution in [0.2, 0.25) is 0 Å². The van der Waals surface area contributed by atoms with E-state index in [1.54, 1.807) is 37.4 Å². The Morgan fingerprint density at radius 2 is 2.03 bits per heavy atom. The van der Waals surface area contributed by atoms with Crippen molar-refractivity contribution in [2.75, 3.05) is 13.7 Å². The first-order valence-corrected chi connectivity index (χ1v) is 10.4. The first-order valence-electron chi connectivity index (χ1n) is 9.56. The van der Waals surface area contributed by atoms with E-state index < -0.39 is 23.5 Å². The summed E-state index contributed by atoms with van der Waals surface area (Å²) in [7, 11) is 1.55. The van der Waals surface area contributed by atoms with E-state index in [1.807, 2.05) is 25.1 Å². The lowest BCUT2D eigenvalue weighted by Crippen LogP contribution is -2.31. The molecular formula is C23H20BrNO5. The quantitative estimate of drug-likeness (QED) is 0.502. The van der Waals surface area contributed by atoms with Crippen LogP contribution in [0.5, 0.6) is 5.75 Å². The number of ketones is 1. The Labute approximate surface area is 181 Å². The number of halogens is 1. The Morgan fingerprint density at radius 1 is 1.23 bits per heavy atom. The van der Waals surface area contributed by atoms with Crippen LogP contribution < -0.4 is 4.74 Å². The molecule has 1 aromatic heterocycles. The highest BCUT2D eigenvalue weighted by Crippen LogP contribution is 2.40. The third-order valence-corrected chi connectivity index (χ3v) is 5.62. The van der Waals surface area contributed by atoms with Crippen molar-refractivity contribution in [3.63, 3.8) is 0 Å². The molecule has 3 aromatic rings. The minimum atomic E-state index is -0.722. The summed E-state index contributed by atoms with van der Waals surface area (Å²) in [6.07, 6.45) is 0.680. The van der Waals surface area contributed by atoms with Crippen molar-refractivity contribution >= 4 is 38.6 Å². The van der Waals surface area contributed by atoms with E-state index in [0.29, 0.717) is 29.9 Å². The maximum absolute atomic E-state index is 13.4. The second-order valence-electron chi connectivity index (χ2n) is 7.06. The maximum atomic E-state index is 13.4. The minimum Gasteiger partial charge on any atom is -0.503 e. The monoisotopic (exact) mass is 469 g/mol. The van der Waals surface area contributed by atoms with Crippen molar-refractivity contribution in [2.24, 2.45) is 0 Å². The minimum absolute atomic E-state index is 0.0137. The Morgan fingerprint density at radius 3 is 2.77 bits per heavy atom. The van der Waals surface area contributed by atoms with Gasteiger partial charge in [-0.3, -0.25) is 9.59 Å². The molecule has 0 radical (unpaired) electrons. The number of carbonyl (C=O) groups excluding carboxylic acids is 2. The summed E-state index contributed by atoms with van der Waals surface area (Å²) in [4.78, 5) is 27.7. The molecule has 0 fully saturated rings. The molecule has 1 atom stereocenters. The fourth-order valence-corrected chi connectivity index (χ4v) is 4.15. The third-order valence-electron chi connectivity index (χ3n) is 5.12. The van der Waals surface area contributed by atoms with Gasteiger partial charge in [0, 0.05) is 16.4 Å². The number of aliphatic hydroxyl groups is 1. The van der Waals surface area contributed by atoms with Gasteiger partial charge in [-0.1, -0.05) is 35.0 Å². The van der Waals surface area contributed by atoms with E-state index in [0.717, 1.165) is 9.86 Å². The van der Waals surface area contributed by atoms with Crippen molar-refractivity contribution in [2.45, 2.75) is 19.4 Å². The van der Waals surface area contributed by atoms with E-state index >= 15 is 0 Å². The summed E-state index contributed by atoms with van der Waals surface area (Å²) in [5.41, 5.74) is 1.25. The van der Waals surface area contributed by atoms with Crippen LogP contribution in [0.25, 0.3) is 11.0 Å². The normalized spacial score (nSPS) is 16.6. The number of benzene rings is 2. The van der Waals surface area contributed by atoms with Crippen molar-refractivity contribution in [3.8, 4) is 5.75 Å². The van der Waals surface area contributed by atoms with Crippen LogP contribution in [-0.4, -0.2) is 35.4 Å². The molecule has 1 aliphatic heterocycles. The Kier molecular flexibility index (Phi) is 5.39. The molecular weight excluding hydrogens is 450 g/mol. The van der Waals surface area contributed by atoms with Crippen LogP contribution in [0.4, 0.5) is 0 Å². The Bertz CT molecular complexity index is 1180. The zero-order chi connectivity index (χ0) is 21.4. The highest BCUT2D eigenvalue weighted by Gasteiger charge is 2.44. The van der Waals surface area contributed by atoms with E-state index in [4.69, 9.17) is 9.15 Å². The number of furan rings is 1. The van der Waals surface area contributed by atoms with Crippen LogP contribution in [0.3, 0.4) is 0 Å². The summed E-state index contributed by atoms with van der Waals surface area (Å²) in [6.45, 7) is 2.33. The molecule has 0 saturated heterocycles. The van der Waals surface area contributed by atoms with Gasteiger partial charge in [0.05, 0.1) is 18.7 Å². The second kappa shape index (κ2) is 7.99. The SMILES string of the molecule is CCCN1C(=O)C(O)=C(C(=O)c2cc3cc(Br)ccc3o2)C1c1cccc(OC)c1. The second-order valence-corrected chi connectivity index (χ2v) is 7.98. The van der Waals surface area contributed by atoms with Gasteiger partial charge in [0.2, 0.25) is 5.78 Å². The Balaban J connectivity index is 1.82. The van der Waals surface area contributed by atoms with Crippen LogP contribution in [0.15, 0.2) is 68.8 Å². The summed E-state index contributed by atoms with van der Waals surface area (Å²) < 4.78 is 11.9. The highest BCUT2D eigenvalue weighted by atomic mass is 79.9. The number of aliphatic hydroxyl groups excluding tert-OH is 1. The molecule has 4 rings (SSSR count). The van der Waals surface area contributed by atoms with Gasteiger partial charge in [0.15, 0.2) is 11.5 Å². The van der Waals surface area contributed by atoms with Crippen LogP contribution >= 0.6 is 15.9 Å². The number of nitrogens with zero attached hydrogens (tertiary/aromatic N) is 1.